The number of carbonyl (C=O) groups excluding carboxylic acids is 2. The predicted octanol–water partition coefficient (Wildman–Crippen LogP) is 2.41. The zero-order chi connectivity index (χ0) is 22.0. The van der Waals surface area contributed by atoms with E-state index in [1.54, 1.807) is 4.90 Å². The monoisotopic (exact) mass is 436 g/mol. The van der Waals surface area contributed by atoms with Crippen LogP contribution in [0.1, 0.15) is 37.7 Å². The molecule has 1 heterocycles. The summed E-state index contributed by atoms with van der Waals surface area (Å²) in [6, 6.07) is 7.52. The highest BCUT2D eigenvalue weighted by atomic mass is 35.5. The summed E-state index contributed by atoms with van der Waals surface area (Å²) in [5.41, 5.74) is -0.433. The molecule has 1 aromatic rings. The number of carboxylic acid groups (broad SMARTS) is 1. The first-order valence-electron chi connectivity index (χ1n) is 10.2. The van der Waals surface area contributed by atoms with Crippen molar-refractivity contribution in [1.29, 1.82) is 0 Å². The molecule has 30 heavy (non-hydrogen) atoms. The van der Waals surface area contributed by atoms with Crippen molar-refractivity contribution in [3.8, 4) is 0 Å². The number of allylic oxidation sites excluding steroid dienone is 2. The van der Waals surface area contributed by atoms with Crippen LogP contribution in [0.3, 0.4) is 0 Å². The number of benzene rings is 1. The third kappa shape index (κ3) is 6.57. The number of aliphatic hydroxyl groups is 1. The first kappa shape index (κ1) is 23.9. The molecule has 0 radical (unpaired) electrons. The van der Waals surface area contributed by atoms with Gasteiger partial charge < -0.3 is 20.4 Å². The van der Waals surface area contributed by atoms with Crippen molar-refractivity contribution in [1.82, 2.24) is 10.2 Å². The molecular weight excluding hydrogens is 408 g/mol. The van der Waals surface area contributed by atoms with Gasteiger partial charge in [0.2, 0.25) is 5.91 Å². The molecule has 1 aliphatic carbocycles. The van der Waals surface area contributed by atoms with Crippen molar-refractivity contribution in [3.05, 3.63) is 47.0 Å². The Kier molecular flexibility index (Phi) is 9.33. The fourth-order valence-corrected chi connectivity index (χ4v) is 4.01. The molecule has 2 aliphatic rings. The van der Waals surface area contributed by atoms with Crippen LogP contribution in [-0.2, 0) is 20.8 Å². The highest BCUT2D eigenvalue weighted by Gasteiger charge is 2.41. The summed E-state index contributed by atoms with van der Waals surface area (Å²) in [6.07, 6.45) is 7.98. The van der Waals surface area contributed by atoms with Gasteiger partial charge in [0.25, 0.3) is 12.4 Å². The Morgan fingerprint density at radius 3 is 2.50 bits per heavy atom. The SMILES string of the molecule is O=C(C1CC=CCC1)N1CCC(O)(C(=O)NCCc2ccccc2Cl)CC1.O=CO. The lowest BCUT2D eigenvalue weighted by molar-refractivity contribution is -0.151. The maximum Gasteiger partial charge on any atom is 0.290 e. The molecule has 0 spiro atoms. The lowest BCUT2D eigenvalue weighted by Crippen LogP contribution is -2.55. The molecule has 8 heteroatoms. The van der Waals surface area contributed by atoms with E-state index in [2.05, 4.69) is 17.5 Å². The van der Waals surface area contributed by atoms with E-state index >= 15 is 0 Å². The summed E-state index contributed by atoms with van der Waals surface area (Å²) in [6.45, 7) is 1.02. The molecule has 1 atom stereocenters. The van der Waals surface area contributed by atoms with Crippen LogP contribution in [0.4, 0.5) is 0 Å². The van der Waals surface area contributed by atoms with Gasteiger partial charge in [-0.2, -0.15) is 0 Å². The smallest absolute Gasteiger partial charge is 0.290 e. The van der Waals surface area contributed by atoms with E-state index in [0.717, 1.165) is 24.8 Å². The molecule has 1 unspecified atom stereocenters. The summed E-state index contributed by atoms with van der Waals surface area (Å²) in [5, 5.41) is 21.1. The minimum atomic E-state index is -1.40. The first-order valence-corrected chi connectivity index (χ1v) is 10.5. The molecular formula is C22H29ClN2O5. The van der Waals surface area contributed by atoms with E-state index in [-0.39, 0.29) is 37.0 Å². The Morgan fingerprint density at radius 2 is 1.90 bits per heavy atom. The van der Waals surface area contributed by atoms with E-state index in [0.29, 0.717) is 31.1 Å². The number of nitrogens with zero attached hydrogens (tertiary/aromatic N) is 1. The molecule has 0 aromatic heterocycles. The third-order valence-electron chi connectivity index (χ3n) is 5.58. The Balaban J connectivity index is 0.00000101. The standard InChI is InChI=1S/C21H27ClN2O3.CH2O2/c22-18-9-5-4-6-16(18)10-13-23-20(26)21(27)11-14-24(15-12-21)19(25)17-7-2-1-3-8-17;2-1-3/h1-2,4-6,9,17,27H,3,7-8,10-15H2,(H,23,26);1H,(H,2,3). The normalized spacial score (nSPS) is 19.9. The van der Waals surface area contributed by atoms with Crippen molar-refractivity contribution in [2.24, 2.45) is 5.92 Å². The molecule has 164 valence electrons. The average molecular weight is 437 g/mol. The Morgan fingerprint density at radius 1 is 1.23 bits per heavy atom. The van der Waals surface area contributed by atoms with Gasteiger partial charge in [0.15, 0.2) is 0 Å². The average Bonchev–Trinajstić information content (AvgIpc) is 2.76. The van der Waals surface area contributed by atoms with Gasteiger partial charge in [-0.05, 0) is 37.3 Å². The van der Waals surface area contributed by atoms with Gasteiger partial charge in [0.1, 0.15) is 5.60 Å². The molecule has 0 saturated carbocycles. The zero-order valence-electron chi connectivity index (χ0n) is 16.9. The van der Waals surface area contributed by atoms with Crippen LogP contribution in [0.25, 0.3) is 0 Å². The molecule has 3 rings (SSSR count). The maximum absolute atomic E-state index is 12.6. The van der Waals surface area contributed by atoms with E-state index in [1.807, 2.05) is 24.3 Å². The second-order valence-corrected chi connectivity index (χ2v) is 7.95. The summed E-state index contributed by atoms with van der Waals surface area (Å²) in [5.74, 6) is -0.159. The largest absolute Gasteiger partial charge is 0.483 e. The fourth-order valence-electron chi connectivity index (χ4n) is 3.78. The van der Waals surface area contributed by atoms with Gasteiger partial charge in [-0.3, -0.25) is 14.4 Å². The van der Waals surface area contributed by atoms with Crippen molar-refractivity contribution < 1.29 is 24.6 Å². The molecule has 2 amide bonds. The number of rotatable bonds is 5. The van der Waals surface area contributed by atoms with Crippen molar-refractivity contribution in [2.45, 2.75) is 44.1 Å². The van der Waals surface area contributed by atoms with Crippen molar-refractivity contribution in [3.63, 3.8) is 0 Å². The minimum Gasteiger partial charge on any atom is -0.483 e. The Hall–Kier alpha value is -2.38. The molecule has 3 N–H and O–H groups in total. The molecule has 1 aliphatic heterocycles. The van der Waals surface area contributed by atoms with Gasteiger partial charge in [0.05, 0.1) is 0 Å². The Labute approximate surface area is 181 Å². The number of hydrogen-bond donors (Lipinski definition) is 3. The summed E-state index contributed by atoms with van der Waals surface area (Å²) < 4.78 is 0. The lowest BCUT2D eigenvalue weighted by atomic mass is 9.88. The number of carbonyl (C=O) groups is 3. The molecule has 1 fully saturated rings. The highest BCUT2D eigenvalue weighted by Crippen LogP contribution is 2.27. The number of likely N-dealkylation sites (tertiary alicyclic amines) is 1. The number of amides is 2. The van der Waals surface area contributed by atoms with E-state index in [1.165, 1.54) is 0 Å². The quantitative estimate of drug-likeness (QED) is 0.485. The van der Waals surface area contributed by atoms with Gasteiger partial charge >= 0.3 is 0 Å². The lowest BCUT2D eigenvalue weighted by Gasteiger charge is -2.38. The van der Waals surface area contributed by atoms with E-state index < -0.39 is 5.60 Å². The van der Waals surface area contributed by atoms with Gasteiger partial charge in [-0.15, -0.1) is 0 Å². The maximum atomic E-state index is 12.6. The van der Waals surface area contributed by atoms with Crippen LogP contribution >= 0.6 is 11.6 Å². The van der Waals surface area contributed by atoms with E-state index in [9.17, 15) is 14.7 Å². The van der Waals surface area contributed by atoms with Crippen LogP contribution < -0.4 is 5.32 Å². The summed E-state index contributed by atoms with van der Waals surface area (Å²) in [4.78, 5) is 35.2. The zero-order valence-corrected chi connectivity index (χ0v) is 17.7. The highest BCUT2D eigenvalue weighted by molar-refractivity contribution is 6.31. The second-order valence-electron chi connectivity index (χ2n) is 7.54. The molecule has 0 bridgehead atoms. The van der Waals surface area contributed by atoms with Crippen LogP contribution in [0.2, 0.25) is 5.02 Å². The van der Waals surface area contributed by atoms with E-state index in [4.69, 9.17) is 21.5 Å². The topological polar surface area (TPSA) is 107 Å². The van der Waals surface area contributed by atoms with Crippen LogP contribution in [0.5, 0.6) is 0 Å². The fraction of sp³-hybridized carbons (Fsp3) is 0.500. The number of hydrogen-bond acceptors (Lipinski definition) is 4. The predicted molar refractivity (Wildman–Crippen MR) is 114 cm³/mol. The number of halogens is 1. The number of nitrogens with one attached hydrogen (secondary N) is 1. The van der Waals surface area contributed by atoms with Gasteiger partial charge in [0, 0.05) is 43.4 Å². The Bertz CT molecular complexity index is 760. The summed E-state index contributed by atoms with van der Waals surface area (Å²) >= 11 is 6.12. The van der Waals surface area contributed by atoms with Crippen LogP contribution in [0, 0.1) is 5.92 Å². The molecule has 1 saturated heterocycles. The van der Waals surface area contributed by atoms with Crippen molar-refractivity contribution >= 4 is 29.9 Å². The summed E-state index contributed by atoms with van der Waals surface area (Å²) in [7, 11) is 0. The molecule has 1 aromatic carbocycles. The number of piperidine rings is 1. The van der Waals surface area contributed by atoms with Gasteiger partial charge in [-0.1, -0.05) is 42.0 Å². The van der Waals surface area contributed by atoms with Crippen molar-refractivity contribution in [2.75, 3.05) is 19.6 Å². The minimum absolute atomic E-state index is 0.0469. The molecule has 7 nitrogen and oxygen atoms in total. The van der Waals surface area contributed by atoms with Gasteiger partial charge in [-0.25, -0.2) is 0 Å². The van der Waals surface area contributed by atoms with Crippen LogP contribution in [-0.4, -0.2) is 58.6 Å². The first-order chi connectivity index (χ1) is 14.4. The van der Waals surface area contributed by atoms with Crippen LogP contribution in [0.15, 0.2) is 36.4 Å². The third-order valence-corrected chi connectivity index (χ3v) is 5.95. The second kappa shape index (κ2) is 11.7.